The zero-order valence-electron chi connectivity index (χ0n) is 15.4. The van der Waals surface area contributed by atoms with E-state index in [0.717, 1.165) is 18.8 Å². The number of benzene rings is 1. The van der Waals surface area contributed by atoms with E-state index in [4.69, 9.17) is 0 Å². The molecule has 0 saturated carbocycles. The van der Waals surface area contributed by atoms with E-state index < -0.39 is 4.92 Å². The monoisotopic (exact) mass is 372 g/mol. The number of hydrogen-bond acceptors (Lipinski definition) is 8. The average Bonchev–Trinajstić information content (AvgIpc) is 2.72. The molecule has 1 N–H and O–H groups in total. The van der Waals surface area contributed by atoms with E-state index in [-0.39, 0.29) is 24.7 Å². The molecule has 0 radical (unpaired) electrons. The molecule has 1 aliphatic rings. The Morgan fingerprint density at radius 1 is 1.15 bits per heavy atom. The third-order valence-electron chi connectivity index (χ3n) is 4.72. The molecule has 0 spiro atoms. The van der Waals surface area contributed by atoms with Crippen LogP contribution in [-0.2, 0) is 0 Å². The van der Waals surface area contributed by atoms with E-state index >= 15 is 0 Å². The summed E-state index contributed by atoms with van der Waals surface area (Å²) in [4.78, 5) is 25.6. The number of nitro groups is 1. The average molecular weight is 372 g/mol. The SMILES string of the molecule is CCN(CCO)c1ncnc(N2CCN(c3ccccc3)CC2)c1[N+](=O)[O-]. The summed E-state index contributed by atoms with van der Waals surface area (Å²) in [5, 5.41) is 21.0. The van der Waals surface area contributed by atoms with Gasteiger partial charge < -0.3 is 19.8 Å². The fourth-order valence-corrected chi connectivity index (χ4v) is 3.34. The standard InChI is InChI=1S/C18H24N6O3/c1-2-21(12-13-25)17-16(24(26)27)18(20-14-19-17)23-10-8-22(9-11-23)15-6-4-3-5-7-15/h3-7,14,25H,2,8-13H2,1H3. The second-order valence-electron chi connectivity index (χ2n) is 6.24. The van der Waals surface area contributed by atoms with Crippen LogP contribution in [0.2, 0.25) is 0 Å². The van der Waals surface area contributed by atoms with Crippen molar-refractivity contribution < 1.29 is 10.0 Å². The van der Waals surface area contributed by atoms with Gasteiger partial charge in [0.05, 0.1) is 11.5 Å². The highest BCUT2D eigenvalue weighted by Crippen LogP contribution is 2.34. The molecule has 1 fully saturated rings. The van der Waals surface area contributed by atoms with E-state index in [1.165, 1.54) is 6.33 Å². The first-order valence-electron chi connectivity index (χ1n) is 9.05. The topological polar surface area (TPSA) is 98.9 Å². The van der Waals surface area contributed by atoms with Gasteiger partial charge in [0, 0.05) is 45.0 Å². The number of likely N-dealkylation sites (N-methyl/N-ethyl adjacent to an activating group) is 1. The summed E-state index contributed by atoms with van der Waals surface area (Å²) in [7, 11) is 0. The van der Waals surface area contributed by atoms with Gasteiger partial charge in [-0.25, -0.2) is 9.97 Å². The molecular weight excluding hydrogens is 348 g/mol. The van der Waals surface area contributed by atoms with Crippen molar-refractivity contribution in [3.8, 4) is 0 Å². The lowest BCUT2D eigenvalue weighted by Gasteiger charge is -2.36. The second-order valence-corrected chi connectivity index (χ2v) is 6.24. The van der Waals surface area contributed by atoms with Gasteiger partial charge in [0.1, 0.15) is 6.33 Å². The van der Waals surface area contributed by atoms with E-state index in [2.05, 4.69) is 27.0 Å². The molecule has 0 atom stereocenters. The number of rotatable bonds is 7. The van der Waals surface area contributed by atoms with E-state index in [1.807, 2.05) is 30.0 Å². The van der Waals surface area contributed by atoms with Crippen LogP contribution in [0.3, 0.4) is 0 Å². The van der Waals surface area contributed by atoms with E-state index in [0.29, 0.717) is 25.5 Å². The molecule has 0 unspecified atom stereocenters. The van der Waals surface area contributed by atoms with Crippen LogP contribution in [0.4, 0.5) is 23.0 Å². The van der Waals surface area contributed by atoms with Gasteiger partial charge in [0.25, 0.3) is 0 Å². The van der Waals surface area contributed by atoms with E-state index in [1.54, 1.807) is 4.90 Å². The summed E-state index contributed by atoms with van der Waals surface area (Å²) in [5.41, 5.74) is 1.05. The van der Waals surface area contributed by atoms with E-state index in [9.17, 15) is 15.2 Å². The maximum absolute atomic E-state index is 11.8. The molecular formula is C18H24N6O3. The van der Waals surface area contributed by atoms with Gasteiger partial charge in [-0.2, -0.15) is 0 Å². The summed E-state index contributed by atoms with van der Waals surface area (Å²) in [6.45, 7) is 5.37. The summed E-state index contributed by atoms with van der Waals surface area (Å²) in [6, 6.07) is 10.1. The van der Waals surface area contributed by atoms with Crippen molar-refractivity contribution >= 4 is 23.0 Å². The molecule has 27 heavy (non-hydrogen) atoms. The molecule has 144 valence electrons. The van der Waals surface area contributed by atoms with Crippen molar-refractivity contribution in [1.29, 1.82) is 0 Å². The molecule has 0 aliphatic carbocycles. The molecule has 1 aromatic carbocycles. The Bertz CT molecular complexity index is 765. The Morgan fingerprint density at radius 2 is 1.81 bits per heavy atom. The fourth-order valence-electron chi connectivity index (χ4n) is 3.34. The van der Waals surface area contributed by atoms with Crippen LogP contribution >= 0.6 is 0 Å². The minimum absolute atomic E-state index is 0.0963. The van der Waals surface area contributed by atoms with Crippen molar-refractivity contribution in [2.75, 3.05) is 60.6 Å². The van der Waals surface area contributed by atoms with Gasteiger partial charge in [0.2, 0.25) is 11.6 Å². The third kappa shape index (κ3) is 4.08. The normalized spacial score (nSPS) is 14.3. The van der Waals surface area contributed by atoms with Gasteiger partial charge in [-0.15, -0.1) is 0 Å². The smallest absolute Gasteiger partial charge is 0.353 e. The molecule has 3 rings (SSSR count). The van der Waals surface area contributed by atoms with Gasteiger partial charge in [0.15, 0.2) is 0 Å². The first-order valence-corrected chi connectivity index (χ1v) is 9.05. The van der Waals surface area contributed by atoms with Gasteiger partial charge in [-0.05, 0) is 19.1 Å². The summed E-state index contributed by atoms with van der Waals surface area (Å²) in [5.74, 6) is 0.598. The maximum Gasteiger partial charge on any atom is 0.353 e. The lowest BCUT2D eigenvalue weighted by molar-refractivity contribution is -0.383. The number of nitrogens with zero attached hydrogens (tertiary/aromatic N) is 6. The van der Waals surface area contributed by atoms with Crippen LogP contribution in [0.15, 0.2) is 36.7 Å². The zero-order valence-corrected chi connectivity index (χ0v) is 15.4. The number of anilines is 3. The minimum Gasteiger partial charge on any atom is -0.395 e. The Morgan fingerprint density at radius 3 is 2.41 bits per heavy atom. The Hall–Kier alpha value is -2.94. The molecule has 1 aliphatic heterocycles. The number of aromatic nitrogens is 2. The first kappa shape index (κ1) is 18.8. The lowest BCUT2D eigenvalue weighted by atomic mass is 10.2. The van der Waals surface area contributed by atoms with Gasteiger partial charge in [-0.3, -0.25) is 10.1 Å². The number of aliphatic hydroxyl groups excluding tert-OH is 1. The van der Waals surface area contributed by atoms with Gasteiger partial charge in [-0.1, -0.05) is 18.2 Å². The number of aliphatic hydroxyl groups is 1. The molecule has 9 heteroatoms. The van der Waals surface area contributed by atoms with Crippen LogP contribution in [-0.4, -0.2) is 65.9 Å². The molecule has 1 aromatic heterocycles. The van der Waals surface area contributed by atoms with Crippen LogP contribution in [0.1, 0.15) is 6.92 Å². The highest BCUT2D eigenvalue weighted by molar-refractivity contribution is 5.71. The van der Waals surface area contributed by atoms with Crippen molar-refractivity contribution in [3.63, 3.8) is 0 Å². The lowest BCUT2D eigenvalue weighted by Crippen LogP contribution is -2.47. The largest absolute Gasteiger partial charge is 0.395 e. The van der Waals surface area contributed by atoms with Crippen molar-refractivity contribution in [2.24, 2.45) is 0 Å². The van der Waals surface area contributed by atoms with Crippen LogP contribution in [0.25, 0.3) is 0 Å². The Labute approximate surface area is 158 Å². The molecule has 9 nitrogen and oxygen atoms in total. The van der Waals surface area contributed by atoms with Crippen molar-refractivity contribution in [1.82, 2.24) is 9.97 Å². The number of hydrogen-bond donors (Lipinski definition) is 1. The summed E-state index contributed by atoms with van der Waals surface area (Å²) in [6.07, 6.45) is 1.36. The highest BCUT2D eigenvalue weighted by atomic mass is 16.6. The van der Waals surface area contributed by atoms with Gasteiger partial charge >= 0.3 is 5.69 Å². The van der Waals surface area contributed by atoms with Crippen molar-refractivity contribution in [2.45, 2.75) is 6.92 Å². The first-order chi connectivity index (χ1) is 13.2. The summed E-state index contributed by atoms with van der Waals surface area (Å²) >= 11 is 0. The number of para-hydroxylation sites is 1. The highest BCUT2D eigenvalue weighted by Gasteiger charge is 2.31. The quantitative estimate of drug-likeness (QED) is 0.577. The predicted octanol–water partition coefficient (Wildman–Crippen LogP) is 1.53. The molecule has 0 bridgehead atoms. The Balaban J connectivity index is 1.84. The minimum atomic E-state index is -0.422. The maximum atomic E-state index is 11.8. The molecule has 2 aromatic rings. The predicted molar refractivity (Wildman–Crippen MR) is 105 cm³/mol. The van der Waals surface area contributed by atoms with Crippen LogP contribution in [0.5, 0.6) is 0 Å². The molecule has 2 heterocycles. The Kier molecular flexibility index (Phi) is 6.02. The van der Waals surface area contributed by atoms with Crippen LogP contribution in [0, 0.1) is 10.1 Å². The number of piperazine rings is 1. The van der Waals surface area contributed by atoms with Crippen LogP contribution < -0.4 is 14.7 Å². The zero-order chi connectivity index (χ0) is 19.2. The molecule has 1 saturated heterocycles. The summed E-state index contributed by atoms with van der Waals surface area (Å²) < 4.78 is 0. The fraction of sp³-hybridized carbons (Fsp3) is 0.444. The third-order valence-corrected chi connectivity index (χ3v) is 4.72. The molecule has 0 amide bonds. The van der Waals surface area contributed by atoms with Crippen molar-refractivity contribution in [3.05, 3.63) is 46.8 Å². The second kappa shape index (κ2) is 8.63.